The van der Waals surface area contributed by atoms with E-state index in [1.165, 1.54) is 12.8 Å². The lowest BCUT2D eigenvalue weighted by molar-refractivity contribution is 0.105. The van der Waals surface area contributed by atoms with E-state index in [2.05, 4.69) is 9.88 Å². The molecule has 2 heterocycles. The van der Waals surface area contributed by atoms with Gasteiger partial charge in [0.1, 0.15) is 0 Å². The van der Waals surface area contributed by atoms with E-state index in [-0.39, 0.29) is 5.69 Å². The van der Waals surface area contributed by atoms with E-state index in [1.807, 2.05) is 28.8 Å². The highest BCUT2D eigenvalue weighted by Gasteiger charge is 2.29. The summed E-state index contributed by atoms with van der Waals surface area (Å²) in [5, 5.41) is 0. The predicted molar refractivity (Wildman–Crippen MR) is 92.6 cm³/mol. The van der Waals surface area contributed by atoms with E-state index >= 15 is 0 Å². The number of rotatable bonds is 2. The Bertz CT molecular complexity index is 718. The molecule has 4 rings (SSSR count). The zero-order chi connectivity index (χ0) is 15.8. The number of H-pyrrole nitrogens is 1. The van der Waals surface area contributed by atoms with Crippen molar-refractivity contribution in [2.45, 2.75) is 56.7 Å². The number of nitrogens with one attached hydrogen (secondary N) is 1. The molecule has 0 radical (unpaired) electrons. The van der Waals surface area contributed by atoms with Crippen LogP contribution in [0.15, 0.2) is 29.1 Å². The first-order valence-corrected chi connectivity index (χ1v) is 8.91. The highest BCUT2D eigenvalue weighted by molar-refractivity contribution is 5.75. The summed E-state index contributed by atoms with van der Waals surface area (Å²) >= 11 is 0. The molecule has 1 aromatic heterocycles. The van der Waals surface area contributed by atoms with Crippen LogP contribution in [0.1, 0.15) is 44.6 Å². The maximum Gasteiger partial charge on any atom is 0.326 e. The standard InChI is InChI=1S/C18H26N4O/c19-13-5-7-14(8-6-13)21-11-9-15(10-12-21)22-17-4-2-1-3-16(17)20-18(22)23/h1-4,13-15H,5-12,19H2,(H,20,23)/t13-,14-. The normalized spacial score (nSPS) is 27.5. The lowest BCUT2D eigenvalue weighted by Gasteiger charge is -2.40. The molecule has 2 aliphatic rings. The molecule has 1 saturated heterocycles. The Hall–Kier alpha value is -1.59. The number of benzene rings is 1. The van der Waals surface area contributed by atoms with Crippen molar-refractivity contribution in [2.75, 3.05) is 13.1 Å². The van der Waals surface area contributed by atoms with E-state index < -0.39 is 0 Å². The molecule has 0 spiro atoms. The predicted octanol–water partition coefficient (Wildman–Crippen LogP) is 2.24. The van der Waals surface area contributed by atoms with Crippen molar-refractivity contribution in [3.05, 3.63) is 34.7 Å². The van der Waals surface area contributed by atoms with Gasteiger partial charge in [-0.1, -0.05) is 12.1 Å². The van der Waals surface area contributed by atoms with Crippen molar-refractivity contribution in [2.24, 2.45) is 5.73 Å². The second-order valence-electron chi connectivity index (χ2n) is 7.15. The fraction of sp³-hybridized carbons (Fsp3) is 0.611. The van der Waals surface area contributed by atoms with Crippen LogP contribution in [0, 0.1) is 0 Å². The Morgan fingerprint density at radius 2 is 1.65 bits per heavy atom. The third-order valence-corrected chi connectivity index (χ3v) is 5.75. The van der Waals surface area contributed by atoms with Crippen molar-refractivity contribution in [3.63, 3.8) is 0 Å². The maximum absolute atomic E-state index is 12.3. The van der Waals surface area contributed by atoms with Crippen LogP contribution in [0.4, 0.5) is 0 Å². The number of hydrogen-bond acceptors (Lipinski definition) is 3. The minimum atomic E-state index is 0.0355. The summed E-state index contributed by atoms with van der Waals surface area (Å²) in [6.45, 7) is 2.19. The lowest BCUT2D eigenvalue weighted by Crippen LogP contribution is -2.45. The number of piperidine rings is 1. The molecule has 2 fully saturated rings. The highest BCUT2D eigenvalue weighted by atomic mass is 16.1. The van der Waals surface area contributed by atoms with E-state index in [0.29, 0.717) is 18.1 Å². The topological polar surface area (TPSA) is 67.0 Å². The van der Waals surface area contributed by atoms with Crippen LogP contribution in [0.2, 0.25) is 0 Å². The Morgan fingerprint density at radius 3 is 2.39 bits per heavy atom. The van der Waals surface area contributed by atoms with Gasteiger partial charge in [-0.25, -0.2) is 4.79 Å². The van der Waals surface area contributed by atoms with Crippen molar-refractivity contribution >= 4 is 11.0 Å². The molecular weight excluding hydrogens is 288 g/mol. The Kier molecular flexibility index (Phi) is 3.99. The average Bonchev–Trinajstić information content (AvgIpc) is 2.91. The zero-order valence-electron chi connectivity index (χ0n) is 13.6. The molecule has 0 amide bonds. The monoisotopic (exact) mass is 314 g/mol. The van der Waals surface area contributed by atoms with Crippen LogP contribution in [0.3, 0.4) is 0 Å². The first-order valence-electron chi connectivity index (χ1n) is 8.91. The molecule has 0 bridgehead atoms. The molecule has 5 nitrogen and oxygen atoms in total. The molecule has 1 aliphatic carbocycles. The molecule has 124 valence electrons. The summed E-state index contributed by atoms with van der Waals surface area (Å²) in [6.07, 6.45) is 6.91. The van der Waals surface area contributed by atoms with Gasteiger partial charge in [0.25, 0.3) is 0 Å². The van der Waals surface area contributed by atoms with Gasteiger partial charge in [0.15, 0.2) is 0 Å². The van der Waals surface area contributed by atoms with Crippen molar-refractivity contribution in [1.29, 1.82) is 0 Å². The third kappa shape index (κ3) is 2.83. The van der Waals surface area contributed by atoms with Crippen molar-refractivity contribution in [1.82, 2.24) is 14.5 Å². The van der Waals surface area contributed by atoms with E-state index in [4.69, 9.17) is 5.73 Å². The van der Waals surface area contributed by atoms with Crippen molar-refractivity contribution < 1.29 is 0 Å². The van der Waals surface area contributed by atoms with Gasteiger partial charge in [-0.15, -0.1) is 0 Å². The molecule has 2 aromatic rings. The summed E-state index contributed by atoms with van der Waals surface area (Å²) in [6, 6.07) is 9.44. The smallest absolute Gasteiger partial charge is 0.326 e. The quantitative estimate of drug-likeness (QED) is 0.893. The minimum Gasteiger partial charge on any atom is -0.328 e. The summed E-state index contributed by atoms with van der Waals surface area (Å²) < 4.78 is 1.98. The number of nitrogens with two attached hydrogens (primary N) is 1. The summed E-state index contributed by atoms with van der Waals surface area (Å²) in [5.74, 6) is 0. The molecular formula is C18H26N4O. The number of aromatic nitrogens is 2. The van der Waals surface area contributed by atoms with Crippen LogP contribution in [0.25, 0.3) is 11.0 Å². The maximum atomic E-state index is 12.3. The molecule has 3 N–H and O–H groups in total. The number of aromatic amines is 1. The fourth-order valence-corrected chi connectivity index (χ4v) is 4.41. The van der Waals surface area contributed by atoms with Gasteiger partial charge in [-0.3, -0.25) is 4.57 Å². The minimum absolute atomic E-state index is 0.0355. The number of likely N-dealkylation sites (tertiary alicyclic amines) is 1. The summed E-state index contributed by atoms with van der Waals surface area (Å²) in [7, 11) is 0. The molecule has 5 heteroatoms. The number of fused-ring (bicyclic) bond motifs is 1. The zero-order valence-corrected chi connectivity index (χ0v) is 13.6. The highest BCUT2D eigenvalue weighted by Crippen LogP contribution is 2.29. The lowest BCUT2D eigenvalue weighted by atomic mass is 9.89. The van der Waals surface area contributed by atoms with Crippen LogP contribution in [0.5, 0.6) is 0 Å². The Balaban J connectivity index is 1.47. The van der Waals surface area contributed by atoms with Crippen LogP contribution in [-0.4, -0.2) is 39.6 Å². The first-order chi connectivity index (χ1) is 11.2. The van der Waals surface area contributed by atoms with Gasteiger partial charge in [0.2, 0.25) is 0 Å². The molecule has 0 atom stereocenters. The number of imidazole rings is 1. The Morgan fingerprint density at radius 1 is 0.957 bits per heavy atom. The van der Waals surface area contributed by atoms with E-state index in [0.717, 1.165) is 49.8 Å². The first kappa shape index (κ1) is 15.0. The van der Waals surface area contributed by atoms with Crippen LogP contribution >= 0.6 is 0 Å². The average molecular weight is 314 g/mol. The molecule has 1 saturated carbocycles. The molecule has 1 aliphatic heterocycles. The summed E-state index contributed by atoms with van der Waals surface area (Å²) in [5.41, 5.74) is 8.04. The van der Waals surface area contributed by atoms with Gasteiger partial charge in [0, 0.05) is 31.2 Å². The van der Waals surface area contributed by atoms with E-state index in [9.17, 15) is 4.79 Å². The van der Waals surface area contributed by atoms with Gasteiger partial charge >= 0.3 is 5.69 Å². The van der Waals surface area contributed by atoms with Crippen molar-refractivity contribution in [3.8, 4) is 0 Å². The second kappa shape index (κ2) is 6.13. The van der Waals surface area contributed by atoms with Gasteiger partial charge in [-0.05, 0) is 50.7 Å². The van der Waals surface area contributed by atoms with Gasteiger partial charge in [0.05, 0.1) is 11.0 Å². The number of hydrogen-bond donors (Lipinski definition) is 2. The number of para-hydroxylation sites is 2. The van der Waals surface area contributed by atoms with Gasteiger partial charge < -0.3 is 15.6 Å². The molecule has 0 unspecified atom stereocenters. The van der Waals surface area contributed by atoms with Gasteiger partial charge in [-0.2, -0.15) is 0 Å². The second-order valence-corrected chi connectivity index (χ2v) is 7.15. The molecule has 23 heavy (non-hydrogen) atoms. The SMILES string of the molecule is N[C@H]1CC[C@H](N2CCC(n3c(=O)[nH]c4ccccc43)CC2)CC1. The van der Waals surface area contributed by atoms with Crippen LogP contribution < -0.4 is 11.4 Å². The fourth-order valence-electron chi connectivity index (χ4n) is 4.41. The molecule has 1 aromatic carbocycles. The number of nitrogens with zero attached hydrogens (tertiary/aromatic N) is 2. The van der Waals surface area contributed by atoms with E-state index in [1.54, 1.807) is 0 Å². The largest absolute Gasteiger partial charge is 0.328 e. The van der Waals surface area contributed by atoms with Crippen LogP contribution in [-0.2, 0) is 0 Å². The summed E-state index contributed by atoms with van der Waals surface area (Å²) in [4.78, 5) is 17.9. The Labute approximate surface area is 136 Å². The third-order valence-electron chi connectivity index (χ3n) is 5.75.